The van der Waals surface area contributed by atoms with Crippen LogP contribution in [0.25, 0.3) is 0 Å². The van der Waals surface area contributed by atoms with E-state index in [0.717, 1.165) is 12.8 Å². The highest BCUT2D eigenvalue weighted by Crippen LogP contribution is 2.40. The Balaban J connectivity index is 2.07. The van der Waals surface area contributed by atoms with Gasteiger partial charge in [-0.05, 0) is 24.0 Å². The molecule has 74 valence electrons. The first-order valence-corrected chi connectivity index (χ1v) is 5.73. The van der Waals surface area contributed by atoms with Crippen LogP contribution >= 0.6 is 11.8 Å². The Bertz CT molecular complexity index is 349. The highest BCUT2D eigenvalue weighted by Gasteiger charge is 2.22. The van der Waals surface area contributed by atoms with Crippen LogP contribution in [0.3, 0.4) is 0 Å². The van der Waals surface area contributed by atoms with Crippen molar-refractivity contribution < 1.29 is 9.90 Å². The lowest BCUT2D eigenvalue weighted by atomic mass is 10.1. The third-order valence-electron chi connectivity index (χ3n) is 2.49. The maximum absolute atomic E-state index is 10.4. The maximum atomic E-state index is 10.4. The van der Waals surface area contributed by atoms with Crippen LogP contribution in [0.4, 0.5) is 0 Å². The van der Waals surface area contributed by atoms with Crippen molar-refractivity contribution in [2.45, 2.75) is 18.1 Å². The van der Waals surface area contributed by atoms with Crippen LogP contribution in [0.1, 0.15) is 22.8 Å². The second kappa shape index (κ2) is 4.05. The number of carboxylic acids is 1. The van der Waals surface area contributed by atoms with Crippen LogP contribution in [0.15, 0.2) is 24.3 Å². The first-order chi connectivity index (χ1) is 6.77. The van der Waals surface area contributed by atoms with Gasteiger partial charge in [0.05, 0.1) is 5.75 Å². The lowest BCUT2D eigenvalue weighted by molar-refractivity contribution is -0.133. The lowest BCUT2D eigenvalue weighted by Crippen LogP contribution is -2.00. The predicted octanol–water partition coefficient (Wildman–Crippen LogP) is 2.49. The van der Waals surface area contributed by atoms with Gasteiger partial charge in [0.2, 0.25) is 0 Å². The van der Waals surface area contributed by atoms with Crippen molar-refractivity contribution in [1.29, 1.82) is 0 Å². The Labute approximate surface area is 87.3 Å². The highest BCUT2D eigenvalue weighted by atomic mass is 32.2. The standard InChI is InChI=1S/C11H12O2S/c12-11(13)7-14-10-6-5-8-3-1-2-4-9(8)10/h1-4,10H,5-7H2,(H,12,13)/t10-/m0/s1. The molecular formula is C11H12O2S. The molecule has 1 aliphatic rings. The van der Waals surface area contributed by atoms with Gasteiger partial charge >= 0.3 is 5.97 Å². The zero-order valence-corrected chi connectivity index (χ0v) is 8.59. The van der Waals surface area contributed by atoms with Gasteiger partial charge in [0, 0.05) is 5.25 Å². The van der Waals surface area contributed by atoms with Gasteiger partial charge in [0.15, 0.2) is 0 Å². The molecule has 1 aliphatic carbocycles. The Morgan fingerprint density at radius 2 is 2.29 bits per heavy atom. The number of rotatable bonds is 3. The van der Waals surface area contributed by atoms with Gasteiger partial charge in [-0.3, -0.25) is 4.79 Å². The topological polar surface area (TPSA) is 37.3 Å². The summed E-state index contributed by atoms with van der Waals surface area (Å²) in [7, 11) is 0. The van der Waals surface area contributed by atoms with Crippen molar-refractivity contribution in [3.05, 3.63) is 35.4 Å². The second-order valence-corrected chi connectivity index (χ2v) is 4.62. The van der Waals surface area contributed by atoms with Gasteiger partial charge in [-0.2, -0.15) is 0 Å². The molecule has 0 unspecified atom stereocenters. The molecule has 0 fully saturated rings. The molecule has 0 saturated carbocycles. The minimum absolute atomic E-state index is 0.207. The van der Waals surface area contributed by atoms with Crippen molar-refractivity contribution in [3.63, 3.8) is 0 Å². The highest BCUT2D eigenvalue weighted by molar-refractivity contribution is 8.00. The number of aliphatic carboxylic acids is 1. The smallest absolute Gasteiger partial charge is 0.313 e. The van der Waals surface area contributed by atoms with E-state index in [2.05, 4.69) is 12.1 Å². The van der Waals surface area contributed by atoms with E-state index in [1.54, 1.807) is 0 Å². The summed E-state index contributed by atoms with van der Waals surface area (Å²) in [5.74, 6) is -0.515. The molecule has 14 heavy (non-hydrogen) atoms. The fourth-order valence-corrected chi connectivity index (χ4v) is 2.90. The number of fused-ring (bicyclic) bond motifs is 1. The summed E-state index contributed by atoms with van der Waals surface area (Å²) in [4.78, 5) is 10.4. The van der Waals surface area contributed by atoms with Crippen LogP contribution in [-0.2, 0) is 11.2 Å². The van der Waals surface area contributed by atoms with E-state index >= 15 is 0 Å². The molecule has 1 aromatic rings. The number of benzene rings is 1. The average molecular weight is 208 g/mol. The molecule has 0 aliphatic heterocycles. The molecule has 2 nitrogen and oxygen atoms in total. The minimum Gasteiger partial charge on any atom is -0.481 e. The molecule has 1 N–H and O–H groups in total. The van der Waals surface area contributed by atoms with Gasteiger partial charge in [0.25, 0.3) is 0 Å². The van der Waals surface area contributed by atoms with Gasteiger partial charge in [-0.1, -0.05) is 24.3 Å². The summed E-state index contributed by atoms with van der Waals surface area (Å²) in [5.41, 5.74) is 2.72. The lowest BCUT2D eigenvalue weighted by Gasteiger charge is -2.08. The van der Waals surface area contributed by atoms with E-state index in [0.29, 0.717) is 5.25 Å². The molecule has 0 saturated heterocycles. The summed E-state index contributed by atoms with van der Waals surface area (Å²) < 4.78 is 0. The zero-order valence-electron chi connectivity index (χ0n) is 7.77. The number of hydrogen-bond donors (Lipinski definition) is 1. The van der Waals surface area contributed by atoms with Crippen molar-refractivity contribution >= 4 is 17.7 Å². The van der Waals surface area contributed by atoms with Gasteiger partial charge < -0.3 is 5.11 Å². The Morgan fingerprint density at radius 1 is 1.50 bits per heavy atom. The number of carboxylic acid groups (broad SMARTS) is 1. The van der Waals surface area contributed by atoms with E-state index in [-0.39, 0.29) is 5.75 Å². The molecule has 0 aromatic heterocycles. The molecule has 1 aromatic carbocycles. The van der Waals surface area contributed by atoms with Gasteiger partial charge in [-0.15, -0.1) is 11.8 Å². The molecule has 1 atom stereocenters. The van der Waals surface area contributed by atoms with E-state index < -0.39 is 5.97 Å². The second-order valence-electron chi connectivity index (χ2n) is 3.43. The number of carbonyl (C=O) groups is 1. The normalized spacial score (nSPS) is 19.3. The van der Waals surface area contributed by atoms with Crippen LogP contribution < -0.4 is 0 Å². The molecule has 0 heterocycles. The van der Waals surface area contributed by atoms with Crippen molar-refractivity contribution in [2.75, 3.05) is 5.75 Å². The number of aryl methyl sites for hydroxylation is 1. The van der Waals surface area contributed by atoms with Crippen LogP contribution in [-0.4, -0.2) is 16.8 Å². The maximum Gasteiger partial charge on any atom is 0.313 e. The van der Waals surface area contributed by atoms with Crippen LogP contribution in [0, 0.1) is 0 Å². The molecule has 3 heteroatoms. The monoisotopic (exact) mass is 208 g/mol. The summed E-state index contributed by atoms with van der Waals surface area (Å²) in [6.45, 7) is 0. The molecule has 2 rings (SSSR count). The fourth-order valence-electron chi connectivity index (χ4n) is 1.86. The first kappa shape index (κ1) is 9.59. The van der Waals surface area contributed by atoms with Gasteiger partial charge in [-0.25, -0.2) is 0 Å². The summed E-state index contributed by atoms with van der Waals surface area (Å²) in [5, 5.41) is 8.99. The van der Waals surface area contributed by atoms with E-state index in [1.807, 2.05) is 12.1 Å². The predicted molar refractivity (Wildman–Crippen MR) is 57.6 cm³/mol. The SMILES string of the molecule is O=C(O)CS[C@H]1CCc2ccccc21. The Kier molecular flexibility index (Phi) is 2.77. The minimum atomic E-state index is -0.723. The van der Waals surface area contributed by atoms with Crippen molar-refractivity contribution in [3.8, 4) is 0 Å². The quantitative estimate of drug-likeness (QED) is 0.829. The number of hydrogen-bond acceptors (Lipinski definition) is 2. The zero-order chi connectivity index (χ0) is 9.97. The van der Waals surface area contributed by atoms with Crippen molar-refractivity contribution in [2.24, 2.45) is 0 Å². The third-order valence-corrected chi connectivity index (χ3v) is 3.79. The van der Waals surface area contributed by atoms with Crippen LogP contribution in [0.2, 0.25) is 0 Å². The van der Waals surface area contributed by atoms with E-state index in [4.69, 9.17) is 5.11 Å². The first-order valence-electron chi connectivity index (χ1n) is 4.68. The summed E-state index contributed by atoms with van der Waals surface area (Å²) >= 11 is 1.54. The summed E-state index contributed by atoms with van der Waals surface area (Å²) in [6, 6.07) is 8.32. The van der Waals surface area contributed by atoms with Gasteiger partial charge in [0.1, 0.15) is 0 Å². The molecule has 0 radical (unpaired) electrons. The largest absolute Gasteiger partial charge is 0.481 e. The molecule has 0 bridgehead atoms. The number of thioether (sulfide) groups is 1. The van der Waals surface area contributed by atoms with E-state index in [9.17, 15) is 4.79 Å². The van der Waals surface area contributed by atoms with Crippen molar-refractivity contribution in [1.82, 2.24) is 0 Å². The fraction of sp³-hybridized carbons (Fsp3) is 0.364. The Hall–Kier alpha value is -0.960. The molecule has 0 amide bonds. The summed E-state index contributed by atoms with van der Waals surface area (Å²) in [6.07, 6.45) is 2.17. The van der Waals surface area contributed by atoms with Crippen LogP contribution in [0.5, 0.6) is 0 Å². The van der Waals surface area contributed by atoms with E-state index in [1.165, 1.54) is 22.9 Å². The third kappa shape index (κ3) is 1.93. The average Bonchev–Trinajstić information content (AvgIpc) is 2.58. The molecular weight excluding hydrogens is 196 g/mol. The molecule has 0 spiro atoms. The Morgan fingerprint density at radius 3 is 3.07 bits per heavy atom.